The Morgan fingerprint density at radius 2 is 1.74 bits per heavy atom. The van der Waals surface area contributed by atoms with E-state index in [9.17, 15) is 4.79 Å². The molecule has 1 aromatic heterocycles. The van der Waals surface area contributed by atoms with Gasteiger partial charge in [0.05, 0.1) is 12.0 Å². The monoisotopic (exact) mass is 519 g/mol. The van der Waals surface area contributed by atoms with Gasteiger partial charge in [0.15, 0.2) is 5.69 Å². The van der Waals surface area contributed by atoms with Crippen LogP contribution in [0, 0.1) is 0 Å². The summed E-state index contributed by atoms with van der Waals surface area (Å²) in [5.41, 5.74) is 7.89. The van der Waals surface area contributed by atoms with Gasteiger partial charge in [0, 0.05) is 50.0 Å². The van der Waals surface area contributed by atoms with Crippen molar-refractivity contribution in [1.82, 2.24) is 19.8 Å². The molecule has 6 nitrogen and oxygen atoms in total. The number of rotatable bonds is 9. The van der Waals surface area contributed by atoms with Crippen LogP contribution in [-0.2, 0) is 25.8 Å². The first kappa shape index (κ1) is 25.4. The van der Waals surface area contributed by atoms with Gasteiger partial charge in [-0.2, -0.15) is 0 Å². The van der Waals surface area contributed by atoms with E-state index in [0.29, 0.717) is 12.2 Å². The van der Waals surface area contributed by atoms with Crippen LogP contribution in [-0.4, -0.2) is 52.6 Å². The average molecular weight is 520 g/mol. The smallest absolute Gasteiger partial charge is 0.275 e. The van der Waals surface area contributed by atoms with E-state index in [1.807, 2.05) is 35.5 Å². The van der Waals surface area contributed by atoms with Crippen LogP contribution >= 0.6 is 0 Å². The van der Waals surface area contributed by atoms with Crippen molar-refractivity contribution in [3.8, 4) is 11.3 Å². The number of aryl methyl sites for hydroxylation is 2. The molecule has 0 spiro atoms. The number of unbranched alkanes of at least 4 members (excludes halogenated alkanes) is 1. The van der Waals surface area contributed by atoms with Crippen LogP contribution in [0.2, 0.25) is 0 Å². The van der Waals surface area contributed by atoms with E-state index in [4.69, 9.17) is 4.98 Å². The van der Waals surface area contributed by atoms with Crippen LogP contribution < -0.4 is 10.6 Å². The van der Waals surface area contributed by atoms with Crippen molar-refractivity contribution >= 4 is 11.6 Å². The minimum absolute atomic E-state index is 0.0284. The predicted molar refractivity (Wildman–Crippen MR) is 157 cm³/mol. The van der Waals surface area contributed by atoms with Gasteiger partial charge in [-0.05, 0) is 54.9 Å². The van der Waals surface area contributed by atoms with Gasteiger partial charge >= 0.3 is 0 Å². The fraction of sp³-hybridized carbons (Fsp3) is 0.333. The number of hydrogen-bond donors (Lipinski definition) is 2. The SMILES string of the molecule is O=C(c1ncn(CCCCc2ccc3c(c2)NCC3)c1-c1ccccc1)N1CCNC[C@H]1Cc1ccccc1. The second-order valence-electron chi connectivity index (χ2n) is 10.7. The first-order chi connectivity index (χ1) is 19.3. The van der Waals surface area contributed by atoms with Crippen molar-refractivity contribution in [3.05, 3.63) is 108 Å². The van der Waals surface area contributed by atoms with Gasteiger partial charge in [0.25, 0.3) is 5.91 Å². The average Bonchev–Trinajstić information content (AvgIpc) is 3.63. The van der Waals surface area contributed by atoms with E-state index in [-0.39, 0.29) is 11.9 Å². The Morgan fingerprint density at radius 3 is 2.59 bits per heavy atom. The Balaban J connectivity index is 1.18. The largest absolute Gasteiger partial charge is 0.384 e. The third-order valence-corrected chi connectivity index (χ3v) is 8.01. The third-order valence-electron chi connectivity index (χ3n) is 8.01. The molecule has 0 aliphatic carbocycles. The molecule has 0 saturated carbocycles. The lowest BCUT2D eigenvalue weighted by molar-refractivity contribution is 0.0631. The Morgan fingerprint density at radius 1 is 0.923 bits per heavy atom. The predicted octanol–water partition coefficient (Wildman–Crippen LogP) is 5.20. The molecule has 1 atom stereocenters. The number of benzene rings is 3. The first-order valence-corrected chi connectivity index (χ1v) is 14.3. The molecule has 0 unspecified atom stereocenters. The van der Waals surface area contributed by atoms with E-state index >= 15 is 0 Å². The van der Waals surface area contributed by atoms with Crippen molar-refractivity contribution in [2.45, 2.75) is 44.7 Å². The van der Waals surface area contributed by atoms with Crippen molar-refractivity contribution in [1.29, 1.82) is 0 Å². The molecule has 3 heterocycles. The normalized spacial score (nSPS) is 16.6. The Bertz CT molecular complexity index is 1400. The number of piperazine rings is 1. The summed E-state index contributed by atoms with van der Waals surface area (Å²) >= 11 is 0. The number of imidazole rings is 1. The van der Waals surface area contributed by atoms with Crippen molar-refractivity contribution < 1.29 is 4.79 Å². The Hall–Kier alpha value is -3.90. The van der Waals surface area contributed by atoms with Gasteiger partial charge in [0.2, 0.25) is 0 Å². The number of aromatic nitrogens is 2. The summed E-state index contributed by atoms with van der Waals surface area (Å²) in [5, 5.41) is 6.97. The molecule has 6 heteroatoms. The molecule has 2 N–H and O–H groups in total. The van der Waals surface area contributed by atoms with E-state index in [1.54, 1.807) is 0 Å². The van der Waals surface area contributed by atoms with Crippen LogP contribution in [0.3, 0.4) is 0 Å². The van der Waals surface area contributed by atoms with Crippen molar-refractivity contribution in [2.75, 3.05) is 31.5 Å². The molecule has 6 rings (SSSR count). The standard InChI is InChI=1S/C33H37N5O/c39-33(38-20-18-34-23-29(38)21-25-9-3-1-4-10-25)31-32(28-12-5-2-6-13-28)37(24-36-31)19-8-7-11-26-14-15-27-16-17-35-30(27)22-26/h1-6,9-10,12-15,22,24,29,34-35H,7-8,11,16-21,23H2/t29-/m1/s1. The lowest BCUT2D eigenvalue weighted by Crippen LogP contribution is -2.54. The van der Waals surface area contributed by atoms with Crippen LogP contribution in [0.25, 0.3) is 11.3 Å². The molecule has 200 valence electrons. The molecule has 3 aromatic carbocycles. The maximum atomic E-state index is 14.0. The summed E-state index contributed by atoms with van der Waals surface area (Å²) in [6.45, 7) is 4.16. The first-order valence-electron chi connectivity index (χ1n) is 14.3. The van der Waals surface area contributed by atoms with Gasteiger partial charge in [-0.25, -0.2) is 4.98 Å². The van der Waals surface area contributed by atoms with Gasteiger partial charge < -0.3 is 20.1 Å². The van der Waals surface area contributed by atoms with Gasteiger partial charge in [0.1, 0.15) is 0 Å². The Kier molecular flexibility index (Phi) is 7.73. The van der Waals surface area contributed by atoms with Crippen molar-refractivity contribution in [2.24, 2.45) is 0 Å². The highest BCUT2D eigenvalue weighted by Crippen LogP contribution is 2.27. The van der Waals surface area contributed by atoms with Gasteiger partial charge in [-0.3, -0.25) is 4.79 Å². The zero-order chi connectivity index (χ0) is 26.4. The molecule has 2 aliphatic rings. The molecular weight excluding hydrogens is 482 g/mol. The van der Waals surface area contributed by atoms with E-state index in [0.717, 1.165) is 69.5 Å². The summed E-state index contributed by atoms with van der Waals surface area (Å²) < 4.78 is 2.18. The molecule has 4 aromatic rings. The third kappa shape index (κ3) is 5.76. The van der Waals surface area contributed by atoms with Crippen LogP contribution in [0.4, 0.5) is 5.69 Å². The summed E-state index contributed by atoms with van der Waals surface area (Å²) in [5.74, 6) is 0.0284. The second kappa shape index (κ2) is 11.9. The number of carbonyl (C=O) groups excluding carboxylic acids is 1. The molecular formula is C33H37N5O. The van der Waals surface area contributed by atoms with Crippen LogP contribution in [0.5, 0.6) is 0 Å². The maximum absolute atomic E-state index is 14.0. The highest BCUT2D eigenvalue weighted by Gasteiger charge is 2.31. The molecule has 1 amide bonds. The molecule has 0 bridgehead atoms. The zero-order valence-corrected chi connectivity index (χ0v) is 22.5. The van der Waals surface area contributed by atoms with Crippen LogP contribution in [0.15, 0.2) is 85.2 Å². The number of amides is 1. The van der Waals surface area contributed by atoms with Gasteiger partial charge in [-0.15, -0.1) is 0 Å². The Labute approximate surface area is 231 Å². The molecule has 1 fully saturated rings. The number of fused-ring (bicyclic) bond motifs is 1. The van der Waals surface area contributed by atoms with Crippen molar-refractivity contribution in [3.63, 3.8) is 0 Å². The summed E-state index contributed by atoms with van der Waals surface area (Å²) in [4.78, 5) is 20.8. The second-order valence-corrected chi connectivity index (χ2v) is 10.7. The highest BCUT2D eigenvalue weighted by atomic mass is 16.2. The molecule has 39 heavy (non-hydrogen) atoms. The summed E-state index contributed by atoms with van der Waals surface area (Å²) in [7, 11) is 0. The highest BCUT2D eigenvalue weighted by molar-refractivity contribution is 5.98. The number of nitrogens with zero attached hydrogens (tertiary/aromatic N) is 3. The number of nitrogens with one attached hydrogen (secondary N) is 2. The van der Waals surface area contributed by atoms with Crippen LogP contribution in [0.1, 0.15) is 40.0 Å². The number of carbonyl (C=O) groups is 1. The minimum atomic E-state index is 0.0284. The fourth-order valence-electron chi connectivity index (χ4n) is 5.94. The lowest BCUT2D eigenvalue weighted by atomic mass is 10.0. The fourth-order valence-corrected chi connectivity index (χ4v) is 5.94. The molecule has 1 saturated heterocycles. The lowest BCUT2D eigenvalue weighted by Gasteiger charge is -2.36. The summed E-state index contributed by atoms with van der Waals surface area (Å²) in [6.07, 6.45) is 6.99. The van der Waals surface area contributed by atoms with E-state index < -0.39 is 0 Å². The van der Waals surface area contributed by atoms with E-state index in [2.05, 4.69) is 69.8 Å². The van der Waals surface area contributed by atoms with Gasteiger partial charge in [-0.1, -0.05) is 72.8 Å². The summed E-state index contributed by atoms with van der Waals surface area (Å²) in [6, 6.07) is 27.6. The minimum Gasteiger partial charge on any atom is -0.384 e. The maximum Gasteiger partial charge on any atom is 0.275 e. The zero-order valence-electron chi connectivity index (χ0n) is 22.5. The van der Waals surface area contributed by atoms with E-state index in [1.165, 1.54) is 22.4 Å². The number of anilines is 1. The molecule has 0 radical (unpaired) electrons. The quantitative estimate of drug-likeness (QED) is 0.299. The molecule has 2 aliphatic heterocycles. The number of hydrogen-bond acceptors (Lipinski definition) is 4. The topological polar surface area (TPSA) is 62.2 Å².